The number of benzene rings is 1. The molecular weight excluding hydrogens is 344 g/mol. The van der Waals surface area contributed by atoms with Gasteiger partial charge in [0.25, 0.3) is 0 Å². The molecule has 2 heterocycles. The van der Waals surface area contributed by atoms with Crippen molar-refractivity contribution in [1.82, 2.24) is 14.5 Å². The first-order chi connectivity index (χ1) is 12.6. The fourth-order valence-electron chi connectivity index (χ4n) is 3.05. The highest BCUT2D eigenvalue weighted by Crippen LogP contribution is 2.21. The van der Waals surface area contributed by atoms with Gasteiger partial charge >= 0.3 is 0 Å². The molecule has 3 aromatic rings. The molecule has 138 valence electrons. The van der Waals surface area contributed by atoms with Gasteiger partial charge in [-0.2, -0.15) is 11.8 Å². The normalized spacial score (nSPS) is 12.6. The average Bonchev–Trinajstić information content (AvgIpc) is 3.23. The highest BCUT2D eigenvalue weighted by molar-refractivity contribution is 7.98. The van der Waals surface area contributed by atoms with Gasteiger partial charge in [-0.25, -0.2) is 4.98 Å². The lowest BCUT2D eigenvalue weighted by Crippen LogP contribution is -2.25. The van der Waals surface area contributed by atoms with Gasteiger partial charge in [0, 0.05) is 24.5 Å². The summed E-state index contributed by atoms with van der Waals surface area (Å²) in [6, 6.07) is 9.54. The van der Waals surface area contributed by atoms with E-state index < -0.39 is 0 Å². The van der Waals surface area contributed by atoms with Crippen LogP contribution in [0.15, 0.2) is 42.7 Å². The third-order valence-electron chi connectivity index (χ3n) is 4.29. The first-order valence-corrected chi connectivity index (χ1v) is 10.4. The van der Waals surface area contributed by atoms with Gasteiger partial charge < -0.3 is 14.9 Å². The molecule has 0 aliphatic carbocycles. The minimum atomic E-state index is -0.202. The maximum absolute atomic E-state index is 12.8. The Labute approximate surface area is 158 Å². The van der Waals surface area contributed by atoms with Crippen LogP contribution in [-0.2, 0) is 11.2 Å². The van der Waals surface area contributed by atoms with E-state index in [0.29, 0.717) is 5.92 Å². The second kappa shape index (κ2) is 8.45. The fraction of sp³-hybridized carbons (Fsp3) is 0.400. The Hall–Kier alpha value is -2.21. The Balaban J connectivity index is 1.76. The van der Waals surface area contributed by atoms with E-state index >= 15 is 0 Å². The molecule has 0 radical (unpaired) electrons. The van der Waals surface area contributed by atoms with Crippen LogP contribution < -0.4 is 5.32 Å². The summed E-state index contributed by atoms with van der Waals surface area (Å²) in [5.74, 6) is 2.49. The number of nitrogens with zero attached hydrogens (tertiary/aromatic N) is 2. The van der Waals surface area contributed by atoms with Crippen LogP contribution in [0.25, 0.3) is 11.0 Å². The standard InChI is InChI=1S/C20H26N4OS/c1-14(2)12-19-22-16-7-6-15(13-17(16)23-19)21-20(25)18(8-11-26-3)24-9-4-5-10-24/h4-7,9-10,13-14,18H,8,11-12H2,1-3H3,(H,21,25)(H,22,23)/t18-/m1/s1. The van der Waals surface area contributed by atoms with E-state index in [1.807, 2.05) is 47.3 Å². The number of fused-ring (bicyclic) bond motifs is 1. The van der Waals surface area contributed by atoms with Gasteiger partial charge in [0.05, 0.1) is 11.0 Å². The molecular formula is C20H26N4OS. The van der Waals surface area contributed by atoms with Crippen molar-refractivity contribution in [3.05, 3.63) is 48.5 Å². The zero-order valence-electron chi connectivity index (χ0n) is 15.5. The van der Waals surface area contributed by atoms with Gasteiger partial charge in [-0.05, 0) is 54.7 Å². The molecule has 0 saturated heterocycles. The third kappa shape index (κ3) is 4.49. The Morgan fingerprint density at radius 1 is 1.31 bits per heavy atom. The molecule has 0 aliphatic heterocycles. The third-order valence-corrected chi connectivity index (χ3v) is 4.93. The molecule has 1 atom stereocenters. The first kappa shape index (κ1) is 18.6. The SMILES string of the molecule is CSCC[C@H](C(=O)Nc1ccc2nc(CC(C)C)[nH]c2c1)n1cccc1. The summed E-state index contributed by atoms with van der Waals surface area (Å²) in [5, 5.41) is 3.06. The zero-order valence-corrected chi connectivity index (χ0v) is 16.3. The lowest BCUT2D eigenvalue weighted by atomic mass is 10.1. The van der Waals surface area contributed by atoms with Crippen LogP contribution in [0, 0.1) is 5.92 Å². The van der Waals surface area contributed by atoms with Crippen molar-refractivity contribution in [3.63, 3.8) is 0 Å². The van der Waals surface area contributed by atoms with Gasteiger partial charge in [-0.3, -0.25) is 4.79 Å². The zero-order chi connectivity index (χ0) is 18.5. The summed E-state index contributed by atoms with van der Waals surface area (Å²) in [5.41, 5.74) is 2.69. The van der Waals surface area contributed by atoms with Crippen LogP contribution >= 0.6 is 11.8 Å². The van der Waals surface area contributed by atoms with Crippen LogP contribution in [0.4, 0.5) is 5.69 Å². The predicted octanol–water partition coefficient (Wildman–Crippen LogP) is 4.50. The van der Waals surface area contributed by atoms with E-state index in [1.165, 1.54) is 0 Å². The summed E-state index contributed by atoms with van der Waals surface area (Å²) < 4.78 is 1.97. The van der Waals surface area contributed by atoms with E-state index in [4.69, 9.17) is 0 Å². The molecule has 0 spiro atoms. The Kier molecular flexibility index (Phi) is 6.04. The van der Waals surface area contributed by atoms with Crippen molar-refractivity contribution in [1.29, 1.82) is 0 Å². The molecule has 6 heteroatoms. The van der Waals surface area contributed by atoms with Crippen molar-refractivity contribution in [2.75, 3.05) is 17.3 Å². The van der Waals surface area contributed by atoms with Crippen LogP contribution in [0.1, 0.15) is 32.1 Å². The second-order valence-corrected chi connectivity index (χ2v) is 7.92. The highest BCUT2D eigenvalue weighted by Gasteiger charge is 2.19. The summed E-state index contributed by atoms with van der Waals surface area (Å²) in [7, 11) is 0. The smallest absolute Gasteiger partial charge is 0.247 e. The number of carbonyl (C=O) groups excluding carboxylic acids is 1. The highest BCUT2D eigenvalue weighted by atomic mass is 32.2. The number of aromatic nitrogens is 3. The fourth-order valence-corrected chi connectivity index (χ4v) is 3.51. The maximum Gasteiger partial charge on any atom is 0.247 e. The molecule has 1 aromatic carbocycles. The number of hydrogen-bond donors (Lipinski definition) is 2. The quantitative estimate of drug-likeness (QED) is 0.614. The van der Waals surface area contributed by atoms with Crippen molar-refractivity contribution in [2.45, 2.75) is 32.7 Å². The minimum Gasteiger partial charge on any atom is -0.342 e. The monoisotopic (exact) mass is 370 g/mol. The topological polar surface area (TPSA) is 62.7 Å². The maximum atomic E-state index is 12.8. The number of rotatable bonds is 8. The molecule has 0 unspecified atom stereocenters. The largest absolute Gasteiger partial charge is 0.342 e. The molecule has 0 bridgehead atoms. The number of H-pyrrole nitrogens is 1. The number of amides is 1. The van der Waals surface area contributed by atoms with Gasteiger partial charge in [0.2, 0.25) is 5.91 Å². The molecule has 1 amide bonds. The van der Waals surface area contributed by atoms with E-state index in [0.717, 1.165) is 41.1 Å². The molecule has 26 heavy (non-hydrogen) atoms. The Bertz CT molecular complexity index is 854. The Morgan fingerprint density at radius 3 is 2.77 bits per heavy atom. The summed E-state index contributed by atoms with van der Waals surface area (Å²) in [4.78, 5) is 20.8. The van der Waals surface area contributed by atoms with E-state index in [2.05, 4.69) is 35.4 Å². The van der Waals surface area contributed by atoms with E-state index in [-0.39, 0.29) is 11.9 Å². The van der Waals surface area contributed by atoms with Crippen LogP contribution in [-0.4, -0.2) is 32.5 Å². The number of anilines is 1. The number of hydrogen-bond acceptors (Lipinski definition) is 3. The lowest BCUT2D eigenvalue weighted by Gasteiger charge is -2.18. The molecule has 2 aromatic heterocycles. The number of carbonyl (C=O) groups is 1. The minimum absolute atomic E-state index is 0.0107. The van der Waals surface area contributed by atoms with Crippen molar-refractivity contribution in [2.24, 2.45) is 5.92 Å². The van der Waals surface area contributed by atoms with Gasteiger partial charge in [0.1, 0.15) is 11.9 Å². The molecule has 3 rings (SSSR count). The number of nitrogens with one attached hydrogen (secondary N) is 2. The summed E-state index contributed by atoms with van der Waals surface area (Å²) >= 11 is 1.75. The van der Waals surface area contributed by atoms with Gasteiger partial charge in [-0.1, -0.05) is 13.8 Å². The van der Waals surface area contributed by atoms with Crippen molar-refractivity contribution in [3.8, 4) is 0 Å². The summed E-state index contributed by atoms with van der Waals surface area (Å²) in [6.45, 7) is 4.35. The molecule has 5 nitrogen and oxygen atoms in total. The molecule has 0 aliphatic rings. The average molecular weight is 371 g/mol. The van der Waals surface area contributed by atoms with E-state index in [9.17, 15) is 4.79 Å². The Morgan fingerprint density at radius 2 is 2.08 bits per heavy atom. The van der Waals surface area contributed by atoms with Crippen molar-refractivity contribution >= 4 is 34.4 Å². The molecule has 2 N–H and O–H groups in total. The first-order valence-electron chi connectivity index (χ1n) is 8.97. The van der Waals surface area contributed by atoms with Gasteiger partial charge in [0.15, 0.2) is 0 Å². The van der Waals surface area contributed by atoms with Crippen LogP contribution in [0.3, 0.4) is 0 Å². The predicted molar refractivity (Wildman–Crippen MR) is 110 cm³/mol. The van der Waals surface area contributed by atoms with Crippen LogP contribution in [0.2, 0.25) is 0 Å². The lowest BCUT2D eigenvalue weighted by molar-refractivity contribution is -0.119. The van der Waals surface area contributed by atoms with Crippen LogP contribution in [0.5, 0.6) is 0 Å². The number of imidazole rings is 1. The second-order valence-electron chi connectivity index (χ2n) is 6.93. The van der Waals surface area contributed by atoms with Crippen molar-refractivity contribution < 1.29 is 4.79 Å². The van der Waals surface area contributed by atoms with Gasteiger partial charge in [-0.15, -0.1) is 0 Å². The molecule has 0 fully saturated rings. The number of thioether (sulfide) groups is 1. The van der Waals surface area contributed by atoms with E-state index in [1.54, 1.807) is 11.8 Å². The summed E-state index contributed by atoms with van der Waals surface area (Å²) in [6.07, 6.45) is 7.67. The number of aromatic amines is 1. The molecule has 0 saturated carbocycles.